The summed E-state index contributed by atoms with van der Waals surface area (Å²) in [6.45, 7) is 1.38. The molecule has 1 saturated carbocycles. The van der Waals surface area contributed by atoms with E-state index in [1.54, 1.807) is 18.2 Å². The second-order valence-electron chi connectivity index (χ2n) is 7.25. The van der Waals surface area contributed by atoms with Crippen LogP contribution in [0.4, 0.5) is 0 Å². The molecule has 0 bridgehead atoms. The molecule has 0 spiro atoms. The maximum atomic E-state index is 12.5. The number of nitrogens with zero attached hydrogens (tertiary/aromatic N) is 1. The van der Waals surface area contributed by atoms with Crippen LogP contribution in [-0.2, 0) is 9.53 Å². The van der Waals surface area contributed by atoms with E-state index in [1.165, 1.54) is 45.3 Å². The Morgan fingerprint density at radius 1 is 1.19 bits per heavy atom. The molecule has 1 atom stereocenters. The third kappa shape index (κ3) is 4.42. The van der Waals surface area contributed by atoms with E-state index in [1.807, 2.05) is 4.90 Å². The third-order valence-corrected chi connectivity index (χ3v) is 5.30. The molecule has 1 aliphatic carbocycles. The average molecular weight is 358 g/mol. The highest BCUT2D eigenvalue weighted by molar-refractivity contribution is 5.98. The molecule has 1 aliphatic heterocycles. The molecule has 0 aromatic heterocycles. The first-order valence-electron chi connectivity index (χ1n) is 9.34. The van der Waals surface area contributed by atoms with Crippen LogP contribution < -0.4 is 5.32 Å². The van der Waals surface area contributed by atoms with Gasteiger partial charge in [-0.25, -0.2) is 4.79 Å². The molecule has 1 saturated heterocycles. The van der Waals surface area contributed by atoms with E-state index in [0.717, 1.165) is 6.54 Å². The number of rotatable bonds is 5. The number of likely N-dealkylation sites (tertiary alicyclic amines) is 1. The van der Waals surface area contributed by atoms with Gasteiger partial charge in [0.25, 0.3) is 5.91 Å². The number of benzene rings is 1. The highest BCUT2D eigenvalue weighted by atomic mass is 16.5. The zero-order chi connectivity index (χ0) is 18.5. The van der Waals surface area contributed by atoms with E-state index >= 15 is 0 Å². The van der Waals surface area contributed by atoms with Crippen molar-refractivity contribution in [3.63, 3.8) is 0 Å². The molecule has 0 unspecified atom stereocenters. The van der Waals surface area contributed by atoms with Gasteiger partial charge in [-0.05, 0) is 37.0 Å². The molecule has 1 aromatic rings. The fourth-order valence-corrected chi connectivity index (χ4v) is 3.90. The molecule has 1 heterocycles. The summed E-state index contributed by atoms with van der Waals surface area (Å²) < 4.78 is 4.68. The Kier molecular flexibility index (Phi) is 5.91. The molecule has 140 valence electrons. The number of hydrogen-bond acceptors (Lipinski definition) is 4. The van der Waals surface area contributed by atoms with Crippen LogP contribution in [0.2, 0.25) is 0 Å². The summed E-state index contributed by atoms with van der Waals surface area (Å²) >= 11 is 0. The Bertz CT molecular complexity index is 682. The lowest BCUT2D eigenvalue weighted by atomic mass is 9.89. The van der Waals surface area contributed by atoms with Crippen molar-refractivity contribution in [2.75, 3.05) is 20.2 Å². The Morgan fingerprint density at radius 2 is 1.92 bits per heavy atom. The summed E-state index contributed by atoms with van der Waals surface area (Å²) in [5, 5.41) is 2.92. The number of esters is 1. The number of amides is 2. The van der Waals surface area contributed by atoms with Crippen LogP contribution in [0, 0.1) is 5.92 Å². The topological polar surface area (TPSA) is 75.7 Å². The fraction of sp³-hybridized carbons (Fsp3) is 0.550. The summed E-state index contributed by atoms with van der Waals surface area (Å²) in [5.74, 6) is -0.0366. The first kappa shape index (κ1) is 18.4. The van der Waals surface area contributed by atoms with Crippen LogP contribution in [0.25, 0.3) is 0 Å². The van der Waals surface area contributed by atoms with Crippen molar-refractivity contribution < 1.29 is 19.1 Å². The molecule has 2 fully saturated rings. The van der Waals surface area contributed by atoms with Crippen LogP contribution >= 0.6 is 0 Å². The van der Waals surface area contributed by atoms with Crippen LogP contribution in [0.3, 0.4) is 0 Å². The maximum Gasteiger partial charge on any atom is 0.337 e. The van der Waals surface area contributed by atoms with Gasteiger partial charge >= 0.3 is 5.97 Å². The average Bonchev–Trinajstić information content (AvgIpc) is 3.00. The summed E-state index contributed by atoms with van der Waals surface area (Å²) in [6.07, 6.45) is 6.54. The van der Waals surface area contributed by atoms with Crippen molar-refractivity contribution in [1.82, 2.24) is 10.2 Å². The number of methoxy groups -OCH3 is 1. The molecule has 2 aliphatic rings. The molecule has 1 aromatic carbocycles. The van der Waals surface area contributed by atoms with Gasteiger partial charge in [0.1, 0.15) is 0 Å². The predicted molar refractivity (Wildman–Crippen MR) is 96.8 cm³/mol. The summed E-state index contributed by atoms with van der Waals surface area (Å²) in [7, 11) is 1.31. The van der Waals surface area contributed by atoms with E-state index < -0.39 is 5.97 Å². The molecule has 6 heteroatoms. The Labute approximate surface area is 153 Å². The SMILES string of the molecule is COC(=O)c1cccc(C(=O)N[C@H]2CC(=O)N(CC3CCCCC3)C2)c1. The van der Waals surface area contributed by atoms with Gasteiger partial charge in [-0.15, -0.1) is 0 Å². The molecule has 1 N–H and O–H groups in total. The second kappa shape index (κ2) is 8.34. The molecule has 0 radical (unpaired) electrons. The van der Waals surface area contributed by atoms with Crippen molar-refractivity contribution in [3.8, 4) is 0 Å². The van der Waals surface area contributed by atoms with Crippen molar-refractivity contribution in [2.24, 2.45) is 5.92 Å². The van der Waals surface area contributed by atoms with Gasteiger partial charge in [-0.1, -0.05) is 25.3 Å². The smallest absolute Gasteiger partial charge is 0.337 e. The van der Waals surface area contributed by atoms with Crippen molar-refractivity contribution in [3.05, 3.63) is 35.4 Å². The third-order valence-electron chi connectivity index (χ3n) is 5.30. The minimum absolute atomic E-state index is 0.115. The van der Waals surface area contributed by atoms with E-state index in [2.05, 4.69) is 10.1 Å². The van der Waals surface area contributed by atoms with Gasteiger partial charge < -0.3 is 15.0 Å². The Balaban J connectivity index is 1.56. The van der Waals surface area contributed by atoms with Gasteiger partial charge in [0.15, 0.2) is 0 Å². The van der Waals surface area contributed by atoms with Crippen molar-refractivity contribution in [1.29, 1.82) is 0 Å². The highest BCUT2D eigenvalue weighted by Crippen LogP contribution is 2.26. The van der Waals surface area contributed by atoms with E-state index in [0.29, 0.717) is 30.0 Å². The monoisotopic (exact) mass is 358 g/mol. The second-order valence-corrected chi connectivity index (χ2v) is 7.25. The van der Waals surface area contributed by atoms with Crippen molar-refractivity contribution >= 4 is 17.8 Å². The van der Waals surface area contributed by atoms with Crippen LogP contribution in [0.5, 0.6) is 0 Å². The van der Waals surface area contributed by atoms with Crippen LogP contribution in [-0.4, -0.2) is 48.9 Å². The first-order chi connectivity index (χ1) is 12.6. The normalized spacial score (nSPS) is 20.9. The quantitative estimate of drug-likeness (QED) is 0.820. The maximum absolute atomic E-state index is 12.5. The van der Waals surface area contributed by atoms with Crippen LogP contribution in [0.15, 0.2) is 24.3 Å². The van der Waals surface area contributed by atoms with Gasteiger partial charge in [-0.3, -0.25) is 9.59 Å². The number of ether oxygens (including phenoxy) is 1. The minimum atomic E-state index is -0.477. The molecule has 2 amide bonds. The number of carbonyl (C=O) groups is 3. The molecular formula is C20H26N2O4. The summed E-state index contributed by atoms with van der Waals surface area (Å²) in [4.78, 5) is 38.2. The van der Waals surface area contributed by atoms with Crippen molar-refractivity contribution in [2.45, 2.75) is 44.6 Å². The van der Waals surface area contributed by atoms with Gasteiger partial charge in [-0.2, -0.15) is 0 Å². The van der Waals surface area contributed by atoms with Gasteiger partial charge in [0.2, 0.25) is 5.91 Å². The van der Waals surface area contributed by atoms with E-state index in [4.69, 9.17) is 0 Å². The zero-order valence-electron chi connectivity index (χ0n) is 15.2. The molecule has 3 rings (SSSR count). The molecule has 6 nitrogen and oxygen atoms in total. The zero-order valence-corrected chi connectivity index (χ0v) is 15.2. The first-order valence-corrected chi connectivity index (χ1v) is 9.34. The predicted octanol–water partition coefficient (Wildman–Crippen LogP) is 2.38. The van der Waals surface area contributed by atoms with Crippen LogP contribution in [0.1, 0.15) is 59.2 Å². The standard InChI is InChI=1S/C20H26N2O4/c1-26-20(25)16-9-5-8-15(10-16)19(24)21-17-11-18(23)22(13-17)12-14-6-3-2-4-7-14/h5,8-10,14,17H,2-4,6-7,11-13H2,1H3,(H,21,24)/t17-/m0/s1. The fourth-order valence-electron chi connectivity index (χ4n) is 3.90. The summed E-state index contributed by atoms with van der Waals surface area (Å²) in [6, 6.07) is 6.24. The molecular weight excluding hydrogens is 332 g/mol. The Morgan fingerprint density at radius 3 is 2.65 bits per heavy atom. The number of carbonyl (C=O) groups excluding carboxylic acids is 3. The summed E-state index contributed by atoms with van der Waals surface area (Å²) in [5.41, 5.74) is 0.729. The van der Waals surface area contributed by atoms with Gasteiger partial charge in [0, 0.05) is 25.1 Å². The number of nitrogens with one attached hydrogen (secondary N) is 1. The van der Waals surface area contributed by atoms with Gasteiger partial charge in [0.05, 0.1) is 18.7 Å². The Hall–Kier alpha value is -2.37. The minimum Gasteiger partial charge on any atom is -0.465 e. The lowest BCUT2D eigenvalue weighted by Crippen LogP contribution is -2.38. The van der Waals surface area contributed by atoms with E-state index in [-0.39, 0.29) is 17.9 Å². The largest absolute Gasteiger partial charge is 0.465 e. The molecule has 26 heavy (non-hydrogen) atoms. The highest BCUT2D eigenvalue weighted by Gasteiger charge is 2.32. The lowest BCUT2D eigenvalue weighted by molar-refractivity contribution is -0.128. The van der Waals surface area contributed by atoms with E-state index in [9.17, 15) is 14.4 Å². The number of hydrogen-bond donors (Lipinski definition) is 1. The lowest BCUT2D eigenvalue weighted by Gasteiger charge is -2.27.